The van der Waals surface area contributed by atoms with Crippen molar-refractivity contribution in [1.29, 1.82) is 0 Å². The average molecular weight is 176 g/mol. The van der Waals surface area contributed by atoms with Gasteiger partial charge in [-0.3, -0.25) is 13.2 Å². The van der Waals surface area contributed by atoms with Crippen LogP contribution in [0.1, 0.15) is 26.7 Å². The minimum Gasteiger partial charge on any atom is -0.504 e. The maximum Gasteiger partial charge on any atom is 2.00 e. The van der Waals surface area contributed by atoms with E-state index in [1.54, 1.807) is 0 Å². The fourth-order valence-corrected chi connectivity index (χ4v) is 0. The first-order valence-corrected chi connectivity index (χ1v) is 2.83. The molecule has 0 atom stereocenters. The first-order valence-electron chi connectivity index (χ1n) is 2.83. The summed E-state index contributed by atoms with van der Waals surface area (Å²) in [7, 11) is 0. The third-order valence-electron chi connectivity index (χ3n) is 0.500. The minimum atomic E-state index is 0. The third kappa shape index (κ3) is 68.2. The molecule has 0 saturated carbocycles. The van der Waals surface area contributed by atoms with Gasteiger partial charge in [-0.15, -0.1) is 0 Å². The second-order valence-corrected chi connectivity index (χ2v) is 1.21. The molecule has 0 aromatic heterocycles. The van der Waals surface area contributed by atoms with Crippen LogP contribution in [0.5, 0.6) is 0 Å². The zero-order chi connectivity index (χ0) is 6.83. The molecule has 0 aliphatic rings. The van der Waals surface area contributed by atoms with Crippen LogP contribution in [0.25, 0.3) is 0 Å². The molecule has 0 aromatic rings. The second-order valence-electron chi connectivity index (χ2n) is 1.21. The minimum absolute atomic E-state index is 0. The summed E-state index contributed by atoms with van der Waals surface area (Å²) in [5, 5.41) is 0. The monoisotopic (exact) mass is 174 g/mol. The maximum absolute atomic E-state index is 3.35. The molecule has 0 unspecified atom stereocenters. The molecule has 0 amide bonds. The normalized spacial score (nSPS) is 5.56. The summed E-state index contributed by atoms with van der Waals surface area (Å²) in [5.41, 5.74) is 0. The molecule has 0 aliphatic carbocycles. The molecule has 0 saturated heterocycles. The van der Waals surface area contributed by atoms with Crippen LogP contribution in [-0.2, 0) is 19.5 Å². The Balaban J connectivity index is -0.0000000720. The van der Waals surface area contributed by atoms with E-state index in [0.717, 1.165) is 12.8 Å². The van der Waals surface area contributed by atoms with Crippen molar-refractivity contribution in [3.05, 3.63) is 25.3 Å². The van der Waals surface area contributed by atoms with E-state index in [4.69, 9.17) is 0 Å². The van der Waals surface area contributed by atoms with Crippen molar-refractivity contribution in [2.24, 2.45) is 0 Å². The number of rotatable bonds is 2. The molecule has 0 nitrogen and oxygen atoms in total. The molecule has 0 heterocycles. The van der Waals surface area contributed by atoms with Gasteiger partial charge in [-0.05, 0) is 0 Å². The van der Waals surface area contributed by atoms with Crippen LogP contribution < -0.4 is 0 Å². The Labute approximate surface area is 71.8 Å². The molecular weight excluding hydrogens is 161 g/mol. The Morgan fingerprint density at radius 3 is 1.11 bits per heavy atom. The quantitative estimate of drug-likeness (QED) is 0.447. The molecule has 0 N–H and O–H groups in total. The van der Waals surface area contributed by atoms with Crippen molar-refractivity contribution in [3.8, 4) is 0 Å². The molecular formula is C8H14Zn. The molecule has 0 spiro atoms. The first kappa shape index (κ1) is 16.0. The van der Waals surface area contributed by atoms with Crippen LogP contribution in [0.3, 0.4) is 0 Å². The van der Waals surface area contributed by atoms with Gasteiger partial charge in [0.15, 0.2) is 0 Å². The number of hydrogen-bond acceptors (Lipinski definition) is 0. The summed E-state index contributed by atoms with van der Waals surface area (Å²) in [5.74, 6) is 0. The molecule has 0 bridgehead atoms. The van der Waals surface area contributed by atoms with E-state index in [1.807, 2.05) is 13.8 Å². The topological polar surface area (TPSA) is 0 Å². The predicted molar refractivity (Wildman–Crippen MR) is 38.3 cm³/mol. The van der Waals surface area contributed by atoms with E-state index in [1.165, 1.54) is 0 Å². The average Bonchev–Trinajstić information content (AvgIpc) is 1.88. The third-order valence-corrected chi connectivity index (χ3v) is 0.500. The fourth-order valence-electron chi connectivity index (χ4n) is 0. The Morgan fingerprint density at radius 1 is 1.00 bits per heavy atom. The van der Waals surface area contributed by atoms with E-state index in [2.05, 4.69) is 25.3 Å². The van der Waals surface area contributed by atoms with Crippen molar-refractivity contribution in [1.82, 2.24) is 0 Å². The SMILES string of the molecule is C=[C-]CC.C=[C-]CC.[Zn+2]. The van der Waals surface area contributed by atoms with Gasteiger partial charge in [-0.1, -0.05) is 13.8 Å². The standard InChI is InChI=1S/2C4H7.Zn/c2*1-3-4-2;/h2*1,4H2,2H3;/q2*-1;+2. The van der Waals surface area contributed by atoms with Crippen LogP contribution >= 0.6 is 0 Å². The molecule has 0 fully saturated rings. The number of allylic oxidation sites excluding steroid dienone is 2. The smallest absolute Gasteiger partial charge is 0.504 e. The van der Waals surface area contributed by atoms with E-state index in [0.29, 0.717) is 0 Å². The first-order chi connectivity index (χ1) is 3.83. The van der Waals surface area contributed by atoms with Crippen molar-refractivity contribution in [3.63, 3.8) is 0 Å². The number of hydrogen-bond donors (Lipinski definition) is 0. The predicted octanol–water partition coefficient (Wildman–Crippen LogP) is 2.77. The van der Waals surface area contributed by atoms with Crippen molar-refractivity contribution in [2.75, 3.05) is 0 Å². The Kier molecular flexibility index (Phi) is 43.3. The summed E-state index contributed by atoms with van der Waals surface area (Å²) < 4.78 is 0. The largest absolute Gasteiger partial charge is 2.00 e. The van der Waals surface area contributed by atoms with Gasteiger partial charge >= 0.3 is 19.5 Å². The van der Waals surface area contributed by atoms with Gasteiger partial charge in [0.2, 0.25) is 0 Å². The van der Waals surface area contributed by atoms with Gasteiger partial charge < -0.3 is 12.2 Å². The molecule has 9 heavy (non-hydrogen) atoms. The molecule has 0 aliphatic heterocycles. The van der Waals surface area contributed by atoms with Gasteiger partial charge in [0.05, 0.1) is 0 Å². The zero-order valence-corrected chi connectivity index (χ0v) is 9.50. The van der Waals surface area contributed by atoms with Gasteiger partial charge in [-0.25, -0.2) is 0 Å². The van der Waals surface area contributed by atoms with Crippen LogP contribution in [0, 0.1) is 12.2 Å². The Bertz CT molecular complexity index is 40.5. The van der Waals surface area contributed by atoms with Crippen LogP contribution in [-0.4, -0.2) is 0 Å². The Morgan fingerprint density at radius 2 is 1.11 bits per heavy atom. The van der Waals surface area contributed by atoms with Gasteiger partial charge in [0.25, 0.3) is 0 Å². The molecule has 48 valence electrons. The van der Waals surface area contributed by atoms with Crippen LogP contribution in [0.15, 0.2) is 13.2 Å². The van der Waals surface area contributed by atoms with E-state index >= 15 is 0 Å². The fraction of sp³-hybridized carbons (Fsp3) is 0.500. The Hall–Kier alpha value is 0.103. The summed E-state index contributed by atoms with van der Waals surface area (Å²) in [4.78, 5) is 0. The second kappa shape index (κ2) is 24.3. The van der Waals surface area contributed by atoms with Crippen molar-refractivity contribution >= 4 is 0 Å². The maximum atomic E-state index is 3.35. The van der Waals surface area contributed by atoms with Gasteiger partial charge in [0.1, 0.15) is 0 Å². The molecule has 0 rings (SSSR count). The van der Waals surface area contributed by atoms with E-state index in [-0.39, 0.29) is 19.5 Å². The van der Waals surface area contributed by atoms with Crippen molar-refractivity contribution < 1.29 is 19.5 Å². The van der Waals surface area contributed by atoms with Gasteiger partial charge in [-0.2, -0.15) is 12.8 Å². The van der Waals surface area contributed by atoms with E-state index < -0.39 is 0 Å². The van der Waals surface area contributed by atoms with Gasteiger partial charge in [0, 0.05) is 0 Å². The molecule has 0 aromatic carbocycles. The van der Waals surface area contributed by atoms with Crippen LogP contribution in [0.2, 0.25) is 0 Å². The summed E-state index contributed by atoms with van der Waals surface area (Å²) in [6, 6.07) is 0. The summed E-state index contributed by atoms with van der Waals surface area (Å²) in [6.07, 6.45) is 7.28. The van der Waals surface area contributed by atoms with Crippen LogP contribution in [0.4, 0.5) is 0 Å². The molecule has 1 heteroatoms. The van der Waals surface area contributed by atoms with Crippen molar-refractivity contribution in [2.45, 2.75) is 26.7 Å². The zero-order valence-electron chi connectivity index (χ0n) is 6.54. The summed E-state index contributed by atoms with van der Waals surface area (Å²) in [6.45, 7) is 10.7. The van der Waals surface area contributed by atoms with E-state index in [9.17, 15) is 0 Å². The summed E-state index contributed by atoms with van der Waals surface area (Å²) >= 11 is 0. The molecule has 0 radical (unpaired) electrons.